The largest absolute Gasteiger partial charge is 0.360 e. The molecule has 0 bridgehead atoms. The summed E-state index contributed by atoms with van der Waals surface area (Å²) in [6.45, 7) is 3.84. The maximum Gasteiger partial charge on any atom is 0.169 e. The Kier molecular flexibility index (Phi) is 5.58. The van der Waals surface area contributed by atoms with Crippen molar-refractivity contribution in [3.8, 4) is 0 Å². The average Bonchev–Trinajstić information content (AvgIpc) is 2.47. The summed E-state index contributed by atoms with van der Waals surface area (Å²) in [7, 11) is 0. The maximum atomic E-state index is 5.54. The van der Waals surface area contributed by atoms with E-state index in [4.69, 9.17) is 12.2 Å². The third-order valence-corrected chi connectivity index (χ3v) is 4.06. The number of pyridine rings is 1. The summed E-state index contributed by atoms with van der Waals surface area (Å²) in [5.74, 6) is 0. The van der Waals surface area contributed by atoms with Crippen molar-refractivity contribution in [2.24, 2.45) is 0 Å². The monoisotopic (exact) mass is 277 g/mol. The van der Waals surface area contributed by atoms with Crippen LogP contribution in [0.4, 0.5) is 0 Å². The normalized spacial score (nSPS) is 16.1. The standard InChI is InChI=1S/C15H23N3S/c1-2-18(12-14-10-6-7-11-16-14)15(19)17-13-8-4-3-5-9-13/h6-7,10-11,13H,2-5,8-9,12H2,1H3,(H,17,19). The lowest BCUT2D eigenvalue weighted by Crippen LogP contribution is -2.45. The molecule has 0 unspecified atom stereocenters. The molecule has 1 N–H and O–H groups in total. The van der Waals surface area contributed by atoms with Crippen LogP contribution in [0.5, 0.6) is 0 Å². The molecule has 1 fully saturated rings. The Morgan fingerprint density at radius 3 is 2.79 bits per heavy atom. The first-order chi connectivity index (χ1) is 9.29. The summed E-state index contributed by atoms with van der Waals surface area (Å²) >= 11 is 5.54. The molecule has 1 saturated carbocycles. The van der Waals surface area contributed by atoms with Gasteiger partial charge in [-0.25, -0.2) is 0 Å². The second kappa shape index (κ2) is 7.43. The molecule has 2 rings (SSSR count). The van der Waals surface area contributed by atoms with Crippen LogP contribution in [0.3, 0.4) is 0 Å². The van der Waals surface area contributed by atoms with Crippen molar-refractivity contribution in [3.63, 3.8) is 0 Å². The van der Waals surface area contributed by atoms with Gasteiger partial charge in [-0.15, -0.1) is 0 Å². The Morgan fingerprint density at radius 2 is 2.16 bits per heavy atom. The zero-order chi connectivity index (χ0) is 13.5. The van der Waals surface area contributed by atoms with E-state index in [1.165, 1.54) is 32.1 Å². The van der Waals surface area contributed by atoms with Gasteiger partial charge in [0, 0.05) is 18.8 Å². The maximum absolute atomic E-state index is 5.54. The van der Waals surface area contributed by atoms with Gasteiger partial charge in [0.2, 0.25) is 0 Å². The molecule has 0 saturated heterocycles. The Hall–Kier alpha value is -1.16. The van der Waals surface area contributed by atoms with Gasteiger partial charge in [0.25, 0.3) is 0 Å². The number of aromatic nitrogens is 1. The van der Waals surface area contributed by atoms with Gasteiger partial charge in [0.1, 0.15) is 0 Å². The second-order valence-corrected chi connectivity index (χ2v) is 5.51. The Labute approximate surface area is 121 Å². The van der Waals surface area contributed by atoms with Crippen LogP contribution in [0.1, 0.15) is 44.7 Å². The summed E-state index contributed by atoms with van der Waals surface area (Å²) < 4.78 is 0. The fourth-order valence-electron chi connectivity index (χ4n) is 2.53. The van der Waals surface area contributed by atoms with Crippen molar-refractivity contribution in [1.29, 1.82) is 0 Å². The molecular formula is C15H23N3S. The van der Waals surface area contributed by atoms with Crippen molar-refractivity contribution in [2.45, 2.75) is 51.6 Å². The van der Waals surface area contributed by atoms with E-state index in [0.717, 1.165) is 23.9 Å². The molecule has 104 valence electrons. The fourth-order valence-corrected chi connectivity index (χ4v) is 2.89. The van der Waals surface area contributed by atoms with Gasteiger partial charge in [0.05, 0.1) is 12.2 Å². The summed E-state index contributed by atoms with van der Waals surface area (Å²) in [4.78, 5) is 6.55. The predicted octanol–water partition coefficient (Wildman–Crippen LogP) is 3.11. The Bertz CT molecular complexity index is 388. The number of hydrogen-bond acceptors (Lipinski definition) is 2. The highest BCUT2D eigenvalue weighted by molar-refractivity contribution is 7.80. The van der Waals surface area contributed by atoms with E-state index >= 15 is 0 Å². The minimum Gasteiger partial charge on any atom is -0.360 e. The molecular weight excluding hydrogens is 254 g/mol. The van der Waals surface area contributed by atoms with Gasteiger partial charge in [0.15, 0.2) is 5.11 Å². The average molecular weight is 277 g/mol. The van der Waals surface area contributed by atoms with Crippen molar-refractivity contribution in [2.75, 3.05) is 6.54 Å². The van der Waals surface area contributed by atoms with E-state index in [-0.39, 0.29) is 0 Å². The molecule has 0 spiro atoms. The fraction of sp³-hybridized carbons (Fsp3) is 0.600. The number of hydrogen-bond donors (Lipinski definition) is 1. The lowest BCUT2D eigenvalue weighted by molar-refractivity contribution is 0.374. The molecule has 0 amide bonds. The lowest BCUT2D eigenvalue weighted by Gasteiger charge is -2.30. The van der Waals surface area contributed by atoms with Crippen molar-refractivity contribution in [1.82, 2.24) is 15.2 Å². The highest BCUT2D eigenvalue weighted by Crippen LogP contribution is 2.17. The molecule has 4 heteroatoms. The van der Waals surface area contributed by atoms with Gasteiger partial charge in [-0.2, -0.15) is 0 Å². The molecule has 1 heterocycles. The minimum atomic E-state index is 0.569. The van der Waals surface area contributed by atoms with Crippen molar-refractivity contribution >= 4 is 17.3 Å². The van der Waals surface area contributed by atoms with E-state index in [0.29, 0.717) is 6.04 Å². The van der Waals surface area contributed by atoms with Gasteiger partial charge >= 0.3 is 0 Å². The number of thiocarbonyl (C=S) groups is 1. The van der Waals surface area contributed by atoms with Crippen molar-refractivity contribution in [3.05, 3.63) is 30.1 Å². The van der Waals surface area contributed by atoms with Gasteiger partial charge in [-0.05, 0) is 44.1 Å². The van der Waals surface area contributed by atoms with Gasteiger partial charge < -0.3 is 10.2 Å². The van der Waals surface area contributed by atoms with E-state index in [1.54, 1.807) is 0 Å². The van der Waals surface area contributed by atoms with Crippen LogP contribution in [-0.2, 0) is 6.54 Å². The smallest absolute Gasteiger partial charge is 0.169 e. The molecule has 1 aromatic rings. The molecule has 0 aliphatic heterocycles. The van der Waals surface area contributed by atoms with E-state index in [1.807, 2.05) is 24.4 Å². The molecule has 19 heavy (non-hydrogen) atoms. The topological polar surface area (TPSA) is 28.2 Å². The van der Waals surface area contributed by atoms with E-state index in [9.17, 15) is 0 Å². The van der Waals surface area contributed by atoms with Crippen LogP contribution in [0.25, 0.3) is 0 Å². The third kappa shape index (κ3) is 4.46. The molecule has 0 aromatic carbocycles. The lowest BCUT2D eigenvalue weighted by atomic mass is 9.96. The first-order valence-electron chi connectivity index (χ1n) is 7.25. The van der Waals surface area contributed by atoms with Gasteiger partial charge in [-0.1, -0.05) is 25.3 Å². The number of nitrogens with zero attached hydrogens (tertiary/aromatic N) is 2. The van der Waals surface area contributed by atoms with Crippen LogP contribution >= 0.6 is 12.2 Å². The molecule has 1 aromatic heterocycles. The van der Waals surface area contributed by atoms with Crippen LogP contribution in [0, 0.1) is 0 Å². The van der Waals surface area contributed by atoms with Crippen LogP contribution in [0.2, 0.25) is 0 Å². The summed E-state index contributed by atoms with van der Waals surface area (Å²) in [5, 5.41) is 4.39. The first-order valence-corrected chi connectivity index (χ1v) is 7.65. The Balaban J connectivity index is 1.87. The van der Waals surface area contributed by atoms with Crippen molar-refractivity contribution < 1.29 is 0 Å². The van der Waals surface area contributed by atoms with Crippen LogP contribution < -0.4 is 5.32 Å². The second-order valence-electron chi connectivity index (χ2n) is 5.12. The van der Waals surface area contributed by atoms with E-state index < -0.39 is 0 Å². The van der Waals surface area contributed by atoms with Gasteiger partial charge in [-0.3, -0.25) is 4.98 Å². The molecule has 1 aliphatic carbocycles. The SMILES string of the molecule is CCN(Cc1ccccn1)C(=S)NC1CCCCC1. The zero-order valence-corrected chi connectivity index (χ0v) is 12.5. The predicted molar refractivity (Wildman–Crippen MR) is 82.9 cm³/mol. The molecule has 0 radical (unpaired) electrons. The summed E-state index contributed by atoms with van der Waals surface area (Å²) in [6.07, 6.45) is 8.36. The van der Waals surface area contributed by atoms with E-state index in [2.05, 4.69) is 22.1 Å². The molecule has 0 atom stereocenters. The Morgan fingerprint density at radius 1 is 1.37 bits per heavy atom. The minimum absolute atomic E-state index is 0.569. The third-order valence-electron chi connectivity index (χ3n) is 3.68. The molecule has 3 nitrogen and oxygen atoms in total. The summed E-state index contributed by atoms with van der Waals surface area (Å²) in [5.41, 5.74) is 1.07. The number of nitrogens with one attached hydrogen (secondary N) is 1. The highest BCUT2D eigenvalue weighted by Gasteiger charge is 2.16. The summed E-state index contributed by atoms with van der Waals surface area (Å²) in [6, 6.07) is 6.58. The molecule has 1 aliphatic rings. The highest BCUT2D eigenvalue weighted by atomic mass is 32.1. The first kappa shape index (κ1) is 14.3. The zero-order valence-electron chi connectivity index (χ0n) is 11.6. The number of rotatable bonds is 4. The van der Waals surface area contributed by atoms with Crippen LogP contribution in [-0.4, -0.2) is 27.6 Å². The quantitative estimate of drug-likeness (QED) is 0.856. The van der Waals surface area contributed by atoms with Crippen LogP contribution in [0.15, 0.2) is 24.4 Å².